The molecule has 2 bridgehead atoms. The summed E-state index contributed by atoms with van der Waals surface area (Å²) in [4.78, 5) is 0.285. The lowest BCUT2D eigenvalue weighted by Crippen LogP contribution is -2.27. The summed E-state index contributed by atoms with van der Waals surface area (Å²) >= 11 is 0. The summed E-state index contributed by atoms with van der Waals surface area (Å²) in [6.07, 6.45) is 5.09. The maximum Gasteiger partial charge on any atom is 0.242 e. The third-order valence-corrected chi connectivity index (χ3v) is 6.69. The van der Waals surface area contributed by atoms with Gasteiger partial charge < -0.3 is 11.1 Å². The largest absolute Gasteiger partial charge is 0.397 e. The molecule has 1 aromatic rings. The zero-order chi connectivity index (χ0) is 15.2. The van der Waals surface area contributed by atoms with Crippen molar-refractivity contribution in [1.29, 1.82) is 0 Å². The molecule has 0 saturated heterocycles. The van der Waals surface area contributed by atoms with Gasteiger partial charge in [0.2, 0.25) is 10.0 Å². The molecule has 3 rings (SSSR count). The topological polar surface area (TPSA) is 75.4 Å². The molecule has 0 aliphatic heterocycles. The highest BCUT2D eigenvalue weighted by molar-refractivity contribution is 7.89. The molecule has 0 aromatic heterocycles. The maximum absolute atomic E-state index is 12.2. The molecule has 3 atom stereocenters. The van der Waals surface area contributed by atoms with Crippen LogP contribution in [-0.4, -0.2) is 32.9 Å². The number of fused-ring (bicyclic) bond motifs is 2. The minimum Gasteiger partial charge on any atom is -0.397 e. The van der Waals surface area contributed by atoms with Crippen molar-refractivity contribution < 1.29 is 8.42 Å². The van der Waals surface area contributed by atoms with E-state index in [1.54, 1.807) is 18.2 Å². The van der Waals surface area contributed by atoms with Gasteiger partial charge in [-0.05, 0) is 49.3 Å². The Hall–Kier alpha value is -1.27. The van der Waals surface area contributed by atoms with E-state index in [2.05, 4.69) is 5.32 Å². The van der Waals surface area contributed by atoms with Gasteiger partial charge in [-0.1, -0.05) is 6.42 Å². The minimum absolute atomic E-state index is 0.285. The fourth-order valence-corrected chi connectivity index (χ4v) is 4.58. The highest BCUT2D eigenvalue weighted by Crippen LogP contribution is 2.46. The van der Waals surface area contributed by atoms with E-state index in [0.717, 1.165) is 11.6 Å². The molecular formula is C15H23N3O2S. The van der Waals surface area contributed by atoms with Gasteiger partial charge in [-0.2, -0.15) is 0 Å². The average molecular weight is 309 g/mol. The van der Waals surface area contributed by atoms with Crippen LogP contribution >= 0.6 is 0 Å². The van der Waals surface area contributed by atoms with Crippen molar-refractivity contribution in [3.63, 3.8) is 0 Å². The van der Waals surface area contributed by atoms with E-state index >= 15 is 0 Å². The maximum atomic E-state index is 12.2. The van der Waals surface area contributed by atoms with Gasteiger partial charge in [0.15, 0.2) is 0 Å². The van der Waals surface area contributed by atoms with Crippen LogP contribution in [0.2, 0.25) is 0 Å². The fourth-order valence-electron chi connectivity index (χ4n) is 3.65. The SMILES string of the molecule is CN(C)S(=O)(=O)c1ccc(N)c(NC2CC3CCC2C3)c1. The number of hydrogen-bond donors (Lipinski definition) is 2. The Labute approximate surface area is 126 Å². The van der Waals surface area contributed by atoms with Crippen molar-refractivity contribution in [2.75, 3.05) is 25.1 Å². The van der Waals surface area contributed by atoms with Crippen molar-refractivity contribution in [3.8, 4) is 0 Å². The van der Waals surface area contributed by atoms with Crippen LogP contribution < -0.4 is 11.1 Å². The van der Waals surface area contributed by atoms with E-state index in [4.69, 9.17) is 5.73 Å². The first-order valence-electron chi connectivity index (χ1n) is 7.46. The first kappa shape index (κ1) is 14.7. The van der Waals surface area contributed by atoms with Gasteiger partial charge in [0.1, 0.15) is 0 Å². The summed E-state index contributed by atoms with van der Waals surface area (Å²) in [7, 11) is -0.349. The van der Waals surface area contributed by atoms with E-state index in [1.807, 2.05) is 0 Å². The molecule has 2 saturated carbocycles. The molecule has 3 unspecified atom stereocenters. The lowest BCUT2D eigenvalue weighted by molar-refractivity contribution is 0.440. The van der Waals surface area contributed by atoms with Crippen LogP contribution in [0.1, 0.15) is 25.7 Å². The molecule has 3 N–H and O–H groups in total. The van der Waals surface area contributed by atoms with Crippen LogP contribution in [0.3, 0.4) is 0 Å². The second-order valence-electron chi connectivity index (χ2n) is 6.46. The number of hydrogen-bond acceptors (Lipinski definition) is 4. The number of nitrogen functional groups attached to an aromatic ring is 1. The monoisotopic (exact) mass is 309 g/mol. The van der Waals surface area contributed by atoms with E-state index in [1.165, 1.54) is 44.1 Å². The molecule has 0 heterocycles. The summed E-state index contributed by atoms with van der Waals surface area (Å²) in [6.45, 7) is 0. The summed E-state index contributed by atoms with van der Waals surface area (Å²) in [5.41, 5.74) is 7.37. The Morgan fingerprint density at radius 3 is 2.57 bits per heavy atom. The first-order chi connectivity index (χ1) is 9.88. The fraction of sp³-hybridized carbons (Fsp3) is 0.600. The predicted molar refractivity (Wildman–Crippen MR) is 84.6 cm³/mol. The molecule has 1 aromatic carbocycles. The van der Waals surface area contributed by atoms with Crippen LogP contribution in [0.5, 0.6) is 0 Å². The Balaban J connectivity index is 1.85. The Bertz CT molecular complexity index is 642. The van der Waals surface area contributed by atoms with Crippen LogP contribution in [0.4, 0.5) is 11.4 Å². The number of nitrogens with one attached hydrogen (secondary N) is 1. The molecule has 0 amide bonds. The zero-order valence-corrected chi connectivity index (χ0v) is 13.4. The zero-order valence-electron chi connectivity index (χ0n) is 12.5. The molecule has 2 aliphatic rings. The lowest BCUT2D eigenvalue weighted by atomic mass is 9.95. The molecule has 21 heavy (non-hydrogen) atoms. The van der Waals surface area contributed by atoms with Crippen LogP contribution in [0.15, 0.2) is 23.1 Å². The predicted octanol–water partition coefficient (Wildman–Crippen LogP) is 2.12. The van der Waals surface area contributed by atoms with Gasteiger partial charge >= 0.3 is 0 Å². The Morgan fingerprint density at radius 1 is 1.24 bits per heavy atom. The van der Waals surface area contributed by atoms with Crippen molar-refractivity contribution >= 4 is 21.4 Å². The van der Waals surface area contributed by atoms with Crippen molar-refractivity contribution in [2.45, 2.75) is 36.6 Å². The van der Waals surface area contributed by atoms with Crippen LogP contribution in [0.25, 0.3) is 0 Å². The number of benzene rings is 1. The molecule has 2 aliphatic carbocycles. The first-order valence-corrected chi connectivity index (χ1v) is 8.90. The van der Waals surface area contributed by atoms with Gasteiger partial charge in [0.25, 0.3) is 0 Å². The smallest absolute Gasteiger partial charge is 0.242 e. The molecule has 0 spiro atoms. The normalized spacial score (nSPS) is 28.2. The molecule has 2 fully saturated rings. The third-order valence-electron chi connectivity index (χ3n) is 4.88. The van der Waals surface area contributed by atoms with E-state index in [9.17, 15) is 8.42 Å². The van der Waals surface area contributed by atoms with E-state index in [0.29, 0.717) is 17.6 Å². The second-order valence-corrected chi connectivity index (χ2v) is 8.61. The van der Waals surface area contributed by atoms with Crippen molar-refractivity contribution in [2.24, 2.45) is 11.8 Å². The summed E-state index contributed by atoms with van der Waals surface area (Å²) in [5, 5.41) is 3.48. The highest BCUT2D eigenvalue weighted by Gasteiger charge is 2.39. The lowest BCUT2D eigenvalue weighted by Gasteiger charge is -2.25. The van der Waals surface area contributed by atoms with Gasteiger partial charge in [0.05, 0.1) is 16.3 Å². The minimum atomic E-state index is -3.42. The number of rotatable bonds is 4. The van der Waals surface area contributed by atoms with Crippen molar-refractivity contribution in [1.82, 2.24) is 4.31 Å². The van der Waals surface area contributed by atoms with Gasteiger partial charge in [0, 0.05) is 20.1 Å². The summed E-state index contributed by atoms with van der Waals surface area (Å²) < 4.78 is 25.7. The van der Waals surface area contributed by atoms with Crippen LogP contribution in [0, 0.1) is 11.8 Å². The number of sulfonamides is 1. The quantitative estimate of drug-likeness (QED) is 0.835. The molecule has 6 heteroatoms. The van der Waals surface area contributed by atoms with E-state index < -0.39 is 10.0 Å². The number of nitrogens with zero attached hydrogens (tertiary/aromatic N) is 1. The number of nitrogens with two attached hydrogens (primary N) is 1. The third kappa shape index (κ3) is 2.62. The van der Waals surface area contributed by atoms with Crippen molar-refractivity contribution in [3.05, 3.63) is 18.2 Å². The number of anilines is 2. The van der Waals surface area contributed by atoms with Gasteiger partial charge in [-0.25, -0.2) is 12.7 Å². The molecule has 5 nitrogen and oxygen atoms in total. The summed E-state index contributed by atoms with van der Waals surface area (Å²) in [5.74, 6) is 1.55. The molecular weight excluding hydrogens is 286 g/mol. The van der Waals surface area contributed by atoms with E-state index in [-0.39, 0.29) is 4.90 Å². The standard InChI is InChI=1S/C15H23N3O2S/c1-18(2)21(19,20)12-5-6-13(16)15(9-12)17-14-8-10-3-4-11(14)7-10/h5-6,9-11,14,17H,3-4,7-8,16H2,1-2H3. The Kier molecular flexibility index (Phi) is 3.61. The molecule has 0 radical (unpaired) electrons. The highest BCUT2D eigenvalue weighted by atomic mass is 32.2. The van der Waals surface area contributed by atoms with Gasteiger partial charge in [-0.15, -0.1) is 0 Å². The summed E-state index contributed by atoms with van der Waals surface area (Å²) in [6, 6.07) is 5.34. The second kappa shape index (κ2) is 5.18. The Morgan fingerprint density at radius 2 is 2.00 bits per heavy atom. The molecule has 116 valence electrons. The van der Waals surface area contributed by atoms with Crippen LogP contribution in [-0.2, 0) is 10.0 Å². The van der Waals surface area contributed by atoms with Gasteiger partial charge in [-0.3, -0.25) is 0 Å². The average Bonchev–Trinajstić information content (AvgIpc) is 3.03.